The summed E-state index contributed by atoms with van der Waals surface area (Å²) >= 11 is 0. The van der Waals surface area contributed by atoms with Crippen LogP contribution in [0.3, 0.4) is 0 Å². The highest BCUT2D eigenvalue weighted by Gasteiger charge is 2.35. The van der Waals surface area contributed by atoms with Gasteiger partial charge in [0.1, 0.15) is 0 Å². The summed E-state index contributed by atoms with van der Waals surface area (Å²) in [6.45, 7) is 10.5. The molecule has 27 heavy (non-hydrogen) atoms. The summed E-state index contributed by atoms with van der Waals surface area (Å²) in [5.74, 6) is -0.598. The minimum Gasteiger partial charge on any atom is -0.452 e. The average Bonchev–Trinajstić information content (AvgIpc) is 3.08. The number of rotatable bonds is 7. The van der Waals surface area contributed by atoms with E-state index in [1.165, 1.54) is 0 Å². The van der Waals surface area contributed by atoms with Gasteiger partial charge in [-0.1, -0.05) is 13.8 Å². The number of aryl methyl sites for hydroxylation is 1. The van der Waals surface area contributed by atoms with E-state index >= 15 is 0 Å². The van der Waals surface area contributed by atoms with Gasteiger partial charge in [-0.3, -0.25) is 4.79 Å². The van der Waals surface area contributed by atoms with Crippen LogP contribution in [0.5, 0.6) is 0 Å². The van der Waals surface area contributed by atoms with E-state index < -0.39 is 15.8 Å². The van der Waals surface area contributed by atoms with E-state index in [0.717, 1.165) is 17.9 Å². The molecule has 2 heterocycles. The maximum Gasteiger partial charge on any atom is 0.340 e. The van der Waals surface area contributed by atoms with E-state index in [0.29, 0.717) is 18.5 Å². The Morgan fingerprint density at radius 3 is 2.48 bits per heavy atom. The maximum atomic E-state index is 12.7. The monoisotopic (exact) mass is 398 g/mol. The van der Waals surface area contributed by atoms with Gasteiger partial charge in [0.2, 0.25) is 0 Å². The molecule has 7 nitrogen and oxygen atoms in total. The van der Waals surface area contributed by atoms with Crippen LogP contribution < -0.4 is 0 Å². The molecule has 0 N–H and O–H groups in total. The standard InChI is InChI=1S/C19H30N2O5S/c1-6-20-14(4)9-17(15(20)5)19(23)26-11-18(22)21(10-13(2)3)16-7-8-27(24,25)12-16/h9,13,16H,6-8,10-12H2,1-5H3. The average molecular weight is 399 g/mol. The van der Waals surface area contributed by atoms with Gasteiger partial charge in [-0.15, -0.1) is 0 Å². The van der Waals surface area contributed by atoms with Crippen LogP contribution in [0.2, 0.25) is 0 Å². The lowest BCUT2D eigenvalue weighted by molar-refractivity contribution is -0.137. The fourth-order valence-corrected chi connectivity index (χ4v) is 5.38. The second kappa shape index (κ2) is 8.46. The molecule has 1 aromatic rings. The largest absolute Gasteiger partial charge is 0.452 e. The number of aromatic nitrogens is 1. The van der Waals surface area contributed by atoms with Crippen LogP contribution in [0.1, 0.15) is 48.9 Å². The molecule has 1 aliphatic rings. The zero-order valence-corrected chi connectivity index (χ0v) is 17.6. The van der Waals surface area contributed by atoms with Gasteiger partial charge in [-0.2, -0.15) is 0 Å². The first-order valence-electron chi connectivity index (χ1n) is 9.39. The summed E-state index contributed by atoms with van der Waals surface area (Å²) in [7, 11) is -3.10. The smallest absolute Gasteiger partial charge is 0.340 e. The number of ether oxygens (including phenoxy) is 1. The second-order valence-electron chi connectivity index (χ2n) is 7.60. The lowest BCUT2D eigenvalue weighted by Crippen LogP contribution is -2.45. The normalized spacial score (nSPS) is 18.7. The highest BCUT2D eigenvalue weighted by Crippen LogP contribution is 2.20. The molecule has 0 aliphatic carbocycles. The van der Waals surface area contributed by atoms with Crippen molar-refractivity contribution in [1.82, 2.24) is 9.47 Å². The number of carbonyl (C=O) groups is 2. The molecular weight excluding hydrogens is 368 g/mol. The molecule has 152 valence electrons. The number of sulfone groups is 1. The highest BCUT2D eigenvalue weighted by molar-refractivity contribution is 7.91. The molecule has 1 saturated heterocycles. The Balaban J connectivity index is 2.06. The van der Waals surface area contributed by atoms with Gasteiger partial charge in [0, 0.05) is 30.5 Å². The van der Waals surface area contributed by atoms with E-state index in [-0.39, 0.29) is 36.0 Å². The van der Waals surface area contributed by atoms with Crippen LogP contribution in [0, 0.1) is 19.8 Å². The van der Waals surface area contributed by atoms with Gasteiger partial charge in [0.25, 0.3) is 5.91 Å². The van der Waals surface area contributed by atoms with Crippen LogP contribution in [-0.2, 0) is 25.9 Å². The lowest BCUT2D eigenvalue weighted by atomic mass is 10.1. The van der Waals surface area contributed by atoms with Gasteiger partial charge < -0.3 is 14.2 Å². The zero-order chi connectivity index (χ0) is 20.4. The summed E-state index contributed by atoms with van der Waals surface area (Å²) in [4.78, 5) is 26.7. The van der Waals surface area contributed by atoms with Crippen molar-refractivity contribution in [3.63, 3.8) is 0 Å². The van der Waals surface area contributed by atoms with E-state index in [1.54, 1.807) is 11.0 Å². The van der Waals surface area contributed by atoms with Crippen molar-refractivity contribution in [1.29, 1.82) is 0 Å². The molecule has 0 spiro atoms. The summed E-state index contributed by atoms with van der Waals surface area (Å²) in [6, 6.07) is 1.43. The number of esters is 1. The Morgan fingerprint density at radius 2 is 2.00 bits per heavy atom. The quantitative estimate of drug-likeness (QED) is 0.656. The number of hydrogen-bond acceptors (Lipinski definition) is 5. The third-order valence-corrected chi connectivity index (χ3v) is 6.72. The number of hydrogen-bond donors (Lipinski definition) is 0. The Morgan fingerprint density at radius 1 is 1.33 bits per heavy atom. The van der Waals surface area contributed by atoms with Crippen molar-refractivity contribution in [3.8, 4) is 0 Å². The van der Waals surface area contributed by atoms with Crippen molar-refractivity contribution >= 4 is 21.7 Å². The minimum absolute atomic E-state index is 0.0168. The zero-order valence-electron chi connectivity index (χ0n) is 16.8. The van der Waals surface area contributed by atoms with E-state index in [9.17, 15) is 18.0 Å². The van der Waals surface area contributed by atoms with Crippen molar-refractivity contribution in [2.75, 3.05) is 24.7 Å². The van der Waals surface area contributed by atoms with Crippen LogP contribution in [0.25, 0.3) is 0 Å². The number of nitrogens with zero attached hydrogens (tertiary/aromatic N) is 2. The van der Waals surface area contributed by atoms with Crippen molar-refractivity contribution in [2.45, 2.75) is 53.6 Å². The minimum atomic E-state index is -3.10. The summed E-state index contributed by atoms with van der Waals surface area (Å²) < 4.78 is 30.8. The van der Waals surface area contributed by atoms with Crippen LogP contribution in [0.15, 0.2) is 6.07 Å². The molecule has 0 radical (unpaired) electrons. The second-order valence-corrected chi connectivity index (χ2v) is 9.83. The Kier molecular flexibility index (Phi) is 6.72. The molecule has 1 amide bonds. The van der Waals surface area contributed by atoms with Crippen LogP contribution >= 0.6 is 0 Å². The highest BCUT2D eigenvalue weighted by atomic mass is 32.2. The van der Waals surface area contributed by atoms with E-state index in [1.807, 2.05) is 39.2 Å². The predicted molar refractivity (Wildman–Crippen MR) is 103 cm³/mol. The van der Waals surface area contributed by atoms with Crippen molar-refractivity contribution in [3.05, 3.63) is 23.0 Å². The molecule has 0 aromatic carbocycles. The Bertz CT molecular complexity index is 810. The molecule has 0 bridgehead atoms. The SMILES string of the molecule is CCn1c(C)cc(C(=O)OCC(=O)N(CC(C)C)C2CCS(=O)(=O)C2)c1C. The first-order valence-corrected chi connectivity index (χ1v) is 11.2. The van der Waals surface area contributed by atoms with Gasteiger partial charge in [0.15, 0.2) is 16.4 Å². The van der Waals surface area contributed by atoms with Crippen molar-refractivity contribution < 1.29 is 22.7 Å². The summed E-state index contributed by atoms with van der Waals surface area (Å²) in [6.07, 6.45) is 0.437. The third kappa shape index (κ3) is 5.12. The molecule has 1 unspecified atom stereocenters. The van der Waals surface area contributed by atoms with Gasteiger partial charge in [-0.25, -0.2) is 13.2 Å². The predicted octanol–water partition coefficient (Wildman–Crippen LogP) is 1.95. The van der Waals surface area contributed by atoms with Crippen molar-refractivity contribution in [2.24, 2.45) is 5.92 Å². The van der Waals surface area contributed by atoms with Crippen LogP contribution in [0.4, 0.5) is 0 Å². The van der Waals surface area contributed by atoms with Crippen LogP contribution in [-0.4, -0.2) is 60.5 Å². The number of amides is 1. The molecule has 0 saturated carbocycles. The first kappa shape index (κ1) is 21.5. The van der Waals surface area contributed by atoms with E-state index in [4.69, 9.17) is 4.74 Å². The Hall–Kier alpha value is -1.83. The fraction of sp³-hybridized carbons (Fsp3) is 0.684. The molecule has 2 rings (SSSR count). The first-order chi connectivity index (χ1) is 12.6. The molecule has 1 fully saturated rings. The topological polar surface area (TPSA) is 85.7 Å². The molecule has 8 heteroatoms. The maximum absolute atomic E-state index is 12.7. The van der Waals surface area contributed by atoms with Gasteiger partial charge in [-0.05, 0) is 39.2 Å². The number of carbonyl (C=O) groups excluding carboxylic acids is 2. The molecule has 1 aliphatic heterocycles. The van der Waals surface area contributed by atoms with Gasteiger partial charge >= 0.3 is 5.97 Å². The lowest BCUT2D eigenvalue weighted by Gasteiger charge is -2.29. The summed E-state index contributed by atoms with van der Waals surface area (Å²) in [5, 5.41) is 0. The van der Waals surface area contributed by atoms with E-state index in [2.05, 4.69) is 0 Å². The molecule has 1 aromatic heterocycles. The Labute approximate surface area is 161 Å². The van der Waals surface area contributed by atoms with Gasteiger partial charge in [0.05, 0.1) is 17.1 Å². The summed E-state index contributed by atoms with van der Waals surface area (Å²) in [5.41, 5.74) is 2.24. The molecular formula is C19H30N2O5S. The molecule has 1 atom stereocenters. The fourth-order valence-electron chi connectivity index (χ4n) is 3.65. The third-order valence-electron chi connectivity index (χ3n) is 4.97.